The number of halogens is 2. The predicted octanol–water partition coefficient (Wildman–Crippen LogP) is 5.72. The zero-order chi connectivity index (χ0) is 33.0. The second-order valence-corrected chi connectivity index (χ2v) is 16.0. The van der Waals surface area contributed by atoms with E-state index in [4.69, 9.17) is 0 Å². The lowest BCUT2D eigenvalue weighted by Crippen LogP contribution is -2.36. The van der Waals surface area contributed by atoms with Crippen molar-refractivity contribution in [3.05, 3.63) is 92.9 Å². The van der Waals surface area contributed by atoms with E-state index in [-0.39, 0.29) is 21.8 Å². The molecule has 0 radical (unpaired) electrons. The first-order chi connectivity index (χ1) is 20.4. The van der Waals surface area contributed by atoms with Gasteiger partial charge in [-0.3, -0.25) is 14.8 Å². The SMILES string of the molecule is Cc1c(C=O)cc(Br)n1S(=O)(=O)c1cccnc1.Cc1c(CN(CC(C)(C)C)C(=O)O)cc(Br)n1S(=O)(=O)c1cccnc1. The fraction of sp³-hybridized carbons (Fsp3) is 0.286. The van der Waals surface area contributed by atoms with Crippen molar-refractivity contribution in [2.45, 2.75) is 51.0 Å². The van der Waals surface area contributed by atoms with Gasteiger partial charge < -0.3 is 10.0 Å². The molecule has 0 fully saturated rings. The molecule has 4 heterocycles. The number of hydrogen-bond donors (Lipinski definition) is 1. The van der Waals surface area contributed by atoms with Crippen LogP contribution in [-0.4, -0.2) is 63.7 Å². The van der Waals surface area contributed by atoms with Gasteiger partial charge >= 0.3 is 6.09 Å². The molecular formula is C28H31Br2N5O7S2. The fourth-order valence-electron chi connectivity index (χ4n) is 4.22. The Labute approximate surface area is 273 Å². The first-order valence-corrected chi connectivity index (χ1v) is 17.4. The number of nitrogens with zero attached hydrogens (tertiary/aromatic N) is 5. The van der Waals surface area contributed by atoms with Crippen LogP contribution in [0.5, 0.6) is 0 Å². The Bertz CT molecular complexity index is 1870. The van der Waals surface area contributed by atoms with Gasteiger partial charge in [-0.1, -0.05) is 20.8 Å². The van der Waals surface area contributed by atoms with Crippen LogP contribution in [0.1, 0.15) is 48.1 Å². The number of carbonyl (C=O) groups is 2. The van der Waals surface area contributed by atoms with Crippen LogP contribution in [0.4, 0.5) is 4.79 Å². The average molecular weight is 774 g/mol. The third kappa shape index (κ3) is 7.83. The molecule has 4 rings (SSSR count). The molecule has 0 aromatic carbocycles. The van der Waals surface area contributed by atoms with Crippen molar-refractivity contribution in [1.82, 2.24) is 22.8 Å². The number of carboxylic acid groups (broad SMARTS) is 1. The minimum Gasteiger partial charge on any atom is -0.465 e. The molecule has 16 heteroatoms. The van der Waals surface area contributed by atoms with E-state index in [9.17, 15) is 31.5 Å². The lowest BCUT2D eigenvalue weighted by molar-refractivity contribution is 0.112. The number of hydrogen-bond acceptors (Lipinski definition) is 8. The number of amides is 1. The molecule has 0 aliphatic rings. The van der Waals surface area contributed by atoms with Gasteiger partial charge in [0.05, 0.1) is 6.54 Å². The molecule has 1 N–H and O–H groups in total. The summed E-state index contributed by atoms with van der Waals surface area (Å²) < 4.78 is 53.5. The highest BCUT2D eigenvalue weighted by atomic mass is 79.9. The first kappa shape index (κ1) is 35.1. The molecule has 0 spiro atoms. The molecule has 0 saturated heterocycles. The summed E-state index contributed by atoms with van der Waals surface area (Å²) in [5.74, 6) is 0. The maximum absolute atomic E-state index is 12.9. The van der Waals surface area contributed by atoms with E-state index in [1.165, 1.54) is 47.9 Å². The van der Waals surface area contributed by atoms with Crippen LogP contribution in [0, 0.1) is 19.3 Å². The third-order valence-corrected chi connectivity index (χ3v) is 11.4. The molecule has 0 aliphatic carbocycles. The van der Waals surface area contributed by atoms with Crippen LogP contribution in [0.2, 0.25) is 0 Å². The predicted molar refractivity (Wildman–Crippen MR) is 171 cm³/mol. The van der Waals surface area contributed by atoms with E-state index in [0.29, 0.717) is 44.6 Å². The van der Waals surface area contributed by atoms with Crippen LogP contribution in [0.25, 0.3) is 0 Å². The van der Waals surface area contributed by atoms with Crippen molar-refractivity contribution in [1.29, 1.82) is 0 Å². The topological polar surface area (TPSA) is 162 Å². The Balaban J connectivity index is 0.000000257. The van der Waals surface area contributed by atoms with Crippen molar-refractivity contribution in [3.8, 4) is 0 Å². The van der Waals surface area contributed by atoms with Crippen molar-refractivity contribution in [2.24, 2.45) is 5.41 Å². The van der Waals surface area contributed by atoms with Gasteiger partial charge in [0.25, 0.3) is 20.0 Å². The Morgan fingerprint density at radius 3 is 1.77 bits per heavy atom. The van der Waals surface area contributed by atoms with E-state index in [0.717, 1.165) is 7.94 Å². The molecule has 12 nitrogen and oxygen atoms in total. The minimum atomic E-state index is -3.83. The quantitative estimate of drug-likeness (QED) is 0.221. The van der Waals surface area contributed by atoms with E-state index >= 15 is 0 Å². The number of aldehydes is 1. The van der Waals surface area contributed by atoms with E-state index in [1.54, 1.807) is 32.0 Å². The highest BCUT2D eigenvalue weighted by molar-refractivity contribution is 9.10. The molecule has 0 atom stereocenters. The van der Waals surface area contributed by atoms with Gasteiger partial charge in [0.15, 0.2) is 6.29 Å². The first-order valence-electron chi connectivity index (χ1n) is 12.9. The summed E-state index contributed by atoms with van der Waals surface area (Å²) in [5, 5.41) is 9.48. The molecular weight excluding hydrogens is 742 g/mol. The van der Waals surface area contributed by atoms with Gasteiger partial charge in [-0.05, 0) is 93.1 Å². The smallest absolute Gasteiger partial charge is 0.407 e. The summed E-state index contributed by atoms with van der Waals surface area (Å²) in [6.45, 7) is 9.51. The summed E-state index contributed by atoms with van der Waals surface area (Å²) >= 11 is 6.43. The van der Waals surface area contributed by atoms with Crippen LogP contribution in [0.15, 0.2) is 80.2 Å². The lowest BCUT2D eigenvalue weighted by atomic mass is 9.96. The van der Waals surface area contributed by atoms with E-state index < -0.39 is 26.1 Å². The van der Waals surface area contributed by atoms with E-state index in [2.05, 4.69) is 41.8 Å². The molecule has 0 aliphatic heterocycles. The number of pyridine rings is 2. The van der Waals surface area contributed by atoms with Crippen molar-refractivity contribution in [3.63, 3.8) is 0 Å². The standard InChI is InChI=1S/C17H22BrN3O4S.C11H9BrN2O3S/c1-12-13(10-20(16(22)23)11-17(2,3)4)8-15(18)21(12)26(24,25)14-6-5-7-19-9-14;1-8-9(7-15)5-11(12)14(8)18(16,17)10-3-2-4-13-6-10/h5-9H,10-11H2,1-4H3,(H,22,23);2-7H,1H3. The summed E-state index contributed by atoms with van der Waals surface area (Å²) in [6, 6.07) is 9.13. The second kappa shape index (κ2) is 13.7. The van der Waals surface area contributed by atoms with Crippen LogP contribution in [0.3, 0.4) is 0 Å². The van der Waals surface area contributed by atoms with Gasteiger partial charge in [0.2, 0.25) is 0 Å². The summed E-state index contributed by atoms with van der Waals surface area (Å²) in [7, 11) is -7.57. The molecule has 236 valence electrons. The molecule has 0 unspecified atom stereocenters. The van der Waals surface area contributed by atoms with Gasteiger partial charge in [-0.15, -0.1) is 0 Å². The van der Waals surface area contributed by atoms with Gasteiger partial charge in [-0.25, -0.2) is 29.6 Å². The molecule has 0 saturated carbocycles. The van der Waals surface area contributed by atoms with Crippen LogP contribution < -0.4 is 0 Å². The van der Waals surface area contributed by atoms with Gasteiger partial charge in [0.1, 0.15) is 19.0 Å². The van der Waals surface area contributed by atoms with E-state index in [1.807, 2.05) is 20.8 Å². The highest BCUT2D eigenvalue weighted by Crippen LogP contribution is 2.28. The Morgan fingerprint density at radius 2 is 1.39 bits per heavy atom. The minimum absolute atomic E-state index is 0.0655. The Hall–Kier alpha value is -3.34. The molecule has 4 aromatic heterocycles. The largest absolute Gasteiger partial charge is 0.465 e. The monoisotopic (exact) mass is 771 g/mol. The van der Waals surface area contributed by atoms with Crippen LogP contribution in [-0.2, 0) is 26.6 Å². The molecule has 1 amide bonds. The molecule has 44 heavy (non-hydrogen) atoms. The Kier molecular flexibility index (Phi) is 11.0. The summed E-state index contributed by atoms with van der Waals surface area (Å²) in [6.07, 6.45) is 5.12. The Morgan fingerprint density at radius 1 is 0.909 bits per heavy atom. The highest BCUT2D eigenvalue weighted by Gasteiger charge is 2.27. The van der Waals surface area contributed by atoms with Crippen molar-refractivity contribution in [2.75, 3.05) is 6.54 Å². The zero-order valence-electron chi connectivity index (χ0n) is 24.5. The second-order valence-electron chi connectivity index (χ2n) is 10.8. The zero-order valence-corrected chi connectivity index (χ0v) is 29.3. The normalized spacial score (nSPS) is 11.9. The third-order valence-electron chi connectivity index (χ3n) is 6.22. The number of rotatable bonds is 8. The average Bonchev–Trinajstić information content (AvgIpc) is 3.41. The van der Waals surface area contributed by atoms with Crippen LogP contribution >= 0.6 is 31.9 Å². The number of carbonyl (C=O) groups excluding carboxylic acids is 1. The van der Waals surface area contributed by atoms with Gasteiger partial charge in [-0.2, -0.15) is 0 Å². The van der Waals surface area contributed by atoms with Crippen molar-refractivity contribution < 1.29 is 31.5 Å². The summed E-state index contributed by atoms with van der Waals surface area (Å²) in [4.78, 5) is 31.5. The number of aromatic nitrogens is 4. The molecule has 0 bridgehead atoms. The maximum atomic E-state index is 12.9. The lowest BCUT2D eigenvalue weighted by Gasteiger charge is -2.27. The fourth-order valence-corrected chi connectivity index (χ4v) is 9.23. The van der Waals surface area contributed by atoms with Crippen molar-refractivity contribution >= 4 is 64.3 Å². The maximum Gasteiger partial charge on any atom is 0.407 e. The summed E-state index contributed by atoms with van der Waals surface area (Å²) in [5.41, 5.74) is 1.56. The van der Waals surface area contributed by atoms with Gasteiger partial charge in [0, 0.05) is 48.3 Å². The molecule has 4 aromatic rings.